The topological polar surface area (TPSA) is 36.5 Å². The molecule has 3 rings (SSSR count). The van der Waals surface area contributed by atoms with Crippen LogP contribution in [0.4, 0.5) is 0 Å². The largest absolute Gasteiger partial charge is 0.387 e. The van der Waals surface area contributed by atoms with Crippen molar-refractivity contribution in [2.24, 2.45) is 0 Å². The van der Waals surface area contributed by atoms with Crippen molar-refractivity contribution in [3.05, 3.63) is 11.9 Å². The molecule has 3 heterocycles. The van der Waals surface area contributed by atoms with Crippen LogP contribution in [0.25, 0.3) is 0 Å². The predicted octanol–water partition coefficient (Wildman–Crippen LogP) is -0.895. The Balaban J connectivity index is 1.88. The molecule has 0 aromatic carbocycles. The van der Waals surface area contributed by atoms with Crippen molar-refractivity contribution in [2.45, 2.75) is 5.54 Å². The van der Waals surface area contributed by atoms with Crippen LogP contribution >= 0.6 is 0 Å². The summed E-state index contributed by atoms with van der Waals surface area (Å²) >= 11 is 0. The SMILES string of the molecule is C1=C2COCCN2C2(CN1)CNC2. The maximum Gasteiger partial charge on any atom is 0.0880 e. The van der Waals surface area contributed by atoms with Gasteiger partial charge in [-0.1, -0.05) is 0 Å². The molecule has 0 aromatic heterocycles. The van der Waals surface area contributed by atoms with E-state index in [-0.39, 0.29) is 0 Å². The molecule has 3 aliphatic rings. The maximum absolute atomic E-state index is 5.43. The highest BCUT2D eigenvalue weighted by molar-refractivity contribution is 5.19. The highest BCUT2D eigenvalue weighted by Crippen LogP contribution is 2.28. The molecule has 0 aromatic rings. The van der Waals surface area contributed by atoms with E-state index in [9.17, 15) is 0 Å². The number of morpholine rings is 1. The zero-order valence-electron chi connectivity index (χ0n) is 7.68. The van der Waals surface area contributed by atoms with Gasteiger partial charge in [0, 0.05) is 32.4 Å². The Kier molecular flexibility index (Phi) is 1.54. The quantitative estimate of drug-likeness (QED) is 0.508. The summed E-state index contributed by atoms with van der Waals surface area (Å²) in [5.41, 5.74) is 1.67. The highest BCUT2D eigenvalue weighted by Gasteiger charge is 2.45. The lowest BCUT2D eigenvalue weighted by atomic mass is 9.87. The molecule has 2 N–H and O–H groups in total. The Morgan fingerprint density at radius 1 is 1.38 bits per heavy atom. The van der Waals surface area contributed by atoms with E-state index in [1.165, 1.54) is 5.70 Å². The molecule has 72 valence electrons. The van der Waals surface area contributed by atoms with Gasteiger partial charge in [-0.15, -0.1) is 0 Å². The summed E-state index contributed by atoms with van der Waals surface area (Å²) in [4.78, 5) is 2.52. The lowest BCUT2D eigenvalue weighted by molar-refractivity contribution is -0.0162. The van der Waals surface area contributed by atoms with Crippen LogP contribution in [0.3, 0.4) is 0 Å². The first-order chi connectivity index (χ1) is 6.41. The van der Waals surface area contributed by atoms with Crippen LogP contribution in [0.15, 0.2) is 11.9 Å². The van der Waals surface area contributed by atoms with Gasteiger partial charge in [-0.2, -0.15) is 0 Å². The molecule has 4 nitrogen and oxygen atoms in total. The number of rotatable bonds is 0. The van der Waals surface area contributed by atoms with Crippen molar-refractivity contribution in [1.82, 2.24) is 15.5 Å². The van der Waals surface area contributed by atoms with Crippen molar-refractivity contribution in [3.63, 3.8) is 0 Å². The van der Waals surface area contributed by atoms with Crippen LogP contribution in [0, 0.1) is 0 Å². The van der Waals surface area contributed by atoms with Gasteiger partial charge in [0.2, 0.25) is 0 Å². The molecular weight excluding hydrogens is 166 g/mol. The Morgan fingerprint density at radius 2 is 2.31 bits per heavy atom. The Labute approximate surface area is 77.9 Å². The minimum atomic E-state index is 0.355. The fourth-order valence-electron chi connectivity index (χ4n) is 2.40. The van der Waals surface area contributed by atoms with Gasteiger partial charge in [0.05, 0.1) is 24.4 Å². The van der Waals surface area contributed by atoms with Crippen LogP contribution < -0.4 is 10.6 Å². The summed E-state index contributed by atoms with van der Waals surface area (Å²) in [5.74, 6) is 0. The molecule has 1 spiro atoms. The second-order valence-corrected chi connectivity index (χ2v) is 4.05. The molecule has 0 radical (unpaired) electrons. The minimum Gasteiger partial charge on any atom is -0.387 e. The van der Waals surface area contributed by atoms with Crippen molar-refractivity contribution in [1.29, 1.82) is 0 Å². The third kappa shape index (κ3) is 0.988. The van der Waals surface area contributed by atoms with Crippen LogP contribution in [0.2, 0.25) is 0 Å². The minimum absolute atomic E-state index is 0.355. The van der Waals surface area contributed by atoms with Crippen LogP contribution in [0.1, 0.15) is 0 Å². The predicted molar refractivity (Wildman–Crippen MR) is 49.2 cm³/mol. The van der Waals surface area contributed by atoms with Crippen LogP contribution in [-0.2, 0) is 4.74 Å². The van der Waals surface area contributed by atoms with Gasteiger partial charge in [-0.25, -0.2) is 0 Å². The van der Waals surface area contributed by atoms with Crippen molar-refractivity contribution < 1.29 is 4.74 Å². The number of hydrogen-bond acceptors (Lipinski definition) is 4. The molecule has 2 saturated heterocycles. The molecule has 3 aliphatic heterocycles. The summed E-state index contributed by atoms with van der Waals surface area (Å²) in [7, 11) is 0. The third-order valence-corrected chi connectivity index (χ3v) is 3.24. The zero-order chi connectivity index (χ0) is 8.73. The first-order valence-electron chi connectivity index (χ1n) is 4.89. The summed E-state index contributed by atoms with van der Waals surface area (Å²) < 4.78 is 5.43. The van der Waals surface area contributed by atoms with Gasteiger partial charge in [-0.3, -0.25) is 0 Å². The monoisotopic (exact) mass is 181 g/mol. The molecule has 0 amide bonds. The average Bonchev–Trinajstić information content (AvgIpc) is 2.14. The molecule has 0 unspecified atom stereocenters. The smallest absolute Gasteiger partial charge is 0.0880 e. The molecule has 0 bridgehead atoms. The number of fused-ring (bicyclic) bond motifs is 2. The van der Waals surface area contributed by atoms with E-state index in [2.05, 4.69) is 21.7 Å². The fourth-order valence-corrected chi connectivity index (χ4v) is 2.40. The van der Waals surface area contributed by atoms with E-state index in [1.54, 1.807) is 0 Å². The number of nitrogens with one attached hydrogen (secondary N) is 2. The van der Waals surface area contributed by atoms with E-state index in [1.807, 2.05) is 0 Å². The van der Waals surface area contributed by atoms with Gasteiger partial charge in [0.25, 0.3) is 0 Å². The number of nitrogens with zero attached hydrogens (tertiary/aromatic N) is 1. The Hall–Kier alpha value is -0.740. The summed E-state index contributed by atoms with van der Waals surface area (Å²) in [6.07, 6.45) is 2.10. The summed E-state index contributed by atoms with van der Waals surface area (Å²) in [6, 6.07) is 0. The van der Waals surface area contributed by atoms with Gasteiger partial charge < -0.3 is 20.3 Å². The van der Waals surface area contributed by atoms with Crippen molar-refractivity contribution in [2.75, 3.05) is 39.4 Å². The van der Waals surface area contributed by atoms with Crippen LogP contribution in [-0.4, -0.2) is 49.8 Å². The molecule has 4 heteroatoms. The normalized spacial score (nSPS) is 30.2. The molecule has 0 saturated carbocycles. The van der Waals surface area contributed by atoms with E-state index < -0.39 is 0 Å². The highest BCUT2D eigenvalue weighted by atomic mass is 16.5. The molecular formula is C9H15N3O. The van der Waals surface area contributed by atoms with Crippen molar-refractivity contribution in [3.8, 4) is 0 Å². The molecule has 0 aliphatic carbocycles. The Bertz CT molecular complexity index is 247. The number of ether oxygens (including phenoxy) is 1. The van der Waals surface area contributed by atoms with Gasteiger partial charge in [0.15, 0.2) is 0 Å². The standard InChI is InChI=1S/C9H15N3O/c1-2-13-4-8-3-10-5-9(12(1)8)6-11-7-9/h3,10-11H,1-2,4-7H2. The third-order valence-electron chi connectivity index (χ3n) is 3.24. The average molecular weight is 181 g/mol. The molecule has 0 atom stereocenters. The second-order valence-electron chi connectivity index (χ2n) is 4.05. The molecule has 13 heavy (non-hydrogen) atoms. The second kappa shape index (κ2) is 2.62. The molecule has 2 fully saturated rings. The van der Waals surface area contributed by atoms with E-state index in [4.69, 9.17) is 4.74 Å². The Morgan fingerprint density at radius 3 is 3.08 bits per heavy atom. The van der Waals surface area contributed by atoms with Gasteiger partial charge in [-0.05, 0) is 0 Å². The first-order valence-corrected chi connectivity index (χ1v) is 4.89. The lowest BCUT2D eigenvalue weighted by Gasteiger charge is -2.55. The van der Waals surface area contributed by atoms with E-state index in [0.717, 1.165) is 39.4 Å². The zero-order valence-corrected chi connectivity index (χ0v) is 7.68. The maximum atomic E-state index is 5.43. The first kappa shape index (κ1) is 7.64. The fraction of sp³-hybridized carbons (Fsp3) is 0.778. The number of hydrogen-bond donors (Lipinski definition) is 2. The lowest BCUT2D eigenvalue weighted by Crippen LogP contribution is -2.74. The van der Waals surface area contributed by atoms with E-state index >= 15 is 0 Å². The summed E-state index contributed by atoms with van der Waals surface area (Å²) in [5, 5.41) is 6.71. The van der Waals surface area contributed by atoms with E-state index in [0.29, 0.717) is 5.54 Å². The van der Waals surface area contributed by atoms with Gasteiger partial charge in [0.1, 0.15) is 0 Å². The van der Waals surface area contributed by atoms with Gasteiger partial charge >= 0.3 is 0 Å². The summed E-state index contributed by atoms with van der Waals surface area (Å²) in [6.45, 7) is 5.99. The van der Waals surface area contributed by atoms with Crippen LogP contribution in [0.5, 0.6) is 0 Å². The van der Waals surface area contributed by atoms with Crippen molar-refractivity contribution >= 4 is 0 Å².